The van der Waals surface area contributed by atoms with Crippen LogP contribution in [0.3, 0.4) is 0 Å². The number of allylic oxidation sites excluding steroid dienone is 1. The Bertz CT molecular complexity index is 185. The first-order chi connectivity index (χ1) is 5.91. The lowest BCUT2D eigenvalue weighted by atomic mass is 9.91. The van der Waals surface area contributed by atoms with Crippen LogP contribution in [-0.4, -0.2) is 23.8 Å². The van der Waals surface area contributed by atoms with E-state index in [2.05, 4.69) is 18.7 Å². The fourth-order valence-corrected chi connectivity index (χ4v) is 0.858. The Hall–Kier alpha value is -0.790. The van der Waals surface area contributed by atoms with Gasteiger partial charge in [-0.25, -0.2) is 0 Å². The number of rotatable bonds is 4. The van der Waals surface area contributed by atoms with Crippen molar-refractivity contribution in [3.63, 3.8) is 0 Å². The van der Waals surface area contributed by atoms with Crippen molar-refractivity contribution < 1.29 is 4.79 Å². The van der Waals surface area contributed by atoms with E-state index in [1.54, 1.807) is 6.08 Å². The summed E-state index contributed by atoms with van der Waals surface area (Å²) in [5.41, 5.74) is -0.260. The van der Waals surface area contributed by atoms with Crippen molar-refractivity contribution in [2.45, 2.75) is 34.6 Å². The SMILES string of the molecule is CCN(C=CC(=O)C(C)(C)C)CC. The molecule has 0 amide bonds. The second-order valence-corrected chi connectivity index (χ2v) is 4.15. The molecular weight excluding hydrogens is 162 g/mol. The van der Waals surface area contributed by atoms with Gasteiger partial charge in [0.1, 0.15) is 0 Å². The second kappa shape index (κ2) is 5.05. The number of hydrogen-bond donors (Lipinski definition) is 0. The molecule has 0 aromatic heterocycles. The standard InChI is InChI=1S/C11H21NO/c1-6-12(7-2)9-8-10(13)11(3,4)5/h8-9H,6-7H2,1-5H3. The molecule has 0 aliphatic rings. The number of ketones is 1. The quantitative estimate of drug-likeness (QED) is 0.624. The fraction of sp³-hybridized carbons (Fsp3) is 0.727. The normalized spacial score (nSPS) is 12.1. The molecule has 0 aliphatic heterocycles. The third-order valence-corrected chi connectivity index (χ3v) is 1.99. The van der Waals surface area contributed by atoms with Crippen LogP contribution in [0.25, 0.3) is 0 Å². The Morgan fingerprint density at radius 2 is 1.69 bits per heavy atom. The highest BCUT2D eigenvalue weighted by atomic mass is 16.1. The van der Waals surface area contributed by atoms with E-state index in [1.165, 1.54) is 0 Å². The molecule has 0 fully saturated rings. The van der Waals surface area contributed by atoms with Crippen LogP contribution in [-0.2, 0) is 4.79 Å². The van der Waals surface area contributed by atoms with Crippen LogP contribution in [0.1, 0.15) is 34.6 Å². The highest BCUT2D eigenvalue weighted by Crippen LogP contribution is 2.14. The van der Waals surface area contributed by atoms with Crippen molar-refractivity contribution in [1.82, 2.24) is 4.90 Å². The Labute approximate surface area is 81.6 Å². The monoisotopic (exact) mass is 183 g/mol. The van der Waals surface area contributed by atoms with E-state index >= 15 is 0 Å². The van der Waals surface area contributed by atoms with Crippen LogP contribution in [0.15, 0.2) is 12.3 Å². The minimum atomic E-state index is -0.260. The Kier molecular flexibility index (Phi) is 4.74. The van der Waals surface area contributed by atoms with E-state index in [4.69, 9.17) is 0 Å². The van der Waals surface area contributed by atoms with Crippen LogP contribution in [0, 0.1) is 5.41 Å². The molecule has 0 aliphatic carbocycles. The molecule has 0 rings (SSSR count). The zero-order valence-corrected chi connectivity index (χ0v) is 9.42. The topological polar surface area (TPSA) is 20.3 Å². The minimum absolute atomic E-state index is 0.180. The first-order valence-corrected chi connectivity index (χ1v) is 4.88. The zero-order chi connectivity index (χ0) is 10.5. The van der Waals surface area contributed by atoms with Gasteiger partial charge < -0.3 is 4.90 Å². The van der Waals surface area contributed by atoms with Gasteiger partial charge >= 0.3 is 0 Å². The lowest BCUT2D eigenvalue weighted by Crippen LogP contribution is -2.20. The summed E-state index contributed by atoms with van der Waals surface area (Å²) in [5, 5.41) is 0. The molecule has 76 valence electrons. The van der Waals surface area contributed by atoms with Crippen molar-refractivity contribution in [1.29, 1.82) is 0 Å². The van der Waals surface area contributed by atoms with Gasteiger partial charge in [-0.1, -0.05) is 20.8 Å². The molecule has 0 unspecified atom stereocenters. The van der Waals surface area contributed by atoms with E-state index in [9.17, 15) is 4.79 Å². The van der Waals surface area contributed by atoms with Crippen molar-refractivity contribution in [2.24, 2.45) is 5.41 Å². The molecule has 0 N–H and O–H groups in total. The Morgan fingerprint density at radius 3 is 2.00 bits per heavy atom. The smallest absolute Gasteiger partial charge is 0.162 e. The first kappa shape index (κ1) is 12.2. The maximum Gasteiger partial charge on any atom is 0.162 e. The molecule has 0 radical (unpaired) electrons. The summed E-state index contributed by atoms with van der Waals surface area (Å²) in [6, 6.07) is 0. The highest BCUT2D eigenvalue weighted by Gasteiger charge is 2.17. The third-order valence-electron chi connectivity index (χ3n) is 1.99. The Morgan fingerprint density at radius 1 is 1.23 bits per heavy atom. The van der Waals surface area contributed by atoms with Crippen molar-refractivity contribution >= 4 is 5.78 Å². The number of nitrogens with zero attached hydrogens (tertiary/aromatic N) is 1. The number of hydrogen-bond acceptors (Lipinski definition) is 2. The van der Waals surface area contributed by atoms with Gasteiger partial charge in [-0.15, -0.1) is 0 Å². The molecule has 2 heteroatoms. The predicted molar refractivity (Wildman–Crippen MR) is 56.5 cm³/mol. The van der Waals surface area contributed by atoms with E-state index < -0.39 is 0 Å². The van der Waals surface area contributed by atoms with Gasteiger partial charge in [0.2, 0.25) is 0 Å². The average Bonchev–Trinajstić information content (AvgIpc) is 2.04. The van der Waals surface area contributed by atoms with Crippen molar-refractivity contribution in [3.8, 4) is 0 Å². The Balaban J connectivity index is 4.19. The van der Waals surface area contributed by atoms with Crippen LogP contribution in [0.5, 0.6) is 0 Å². The maximum atomic E-state index is 11.5. The molecule has 0 heterocycles. The third kappa shape index (κ3) is 4.71. The maximum absolute atomic E-state index is 11.5. The van der Waals surface area contributed by atoms with Crippen LogP contribution in [0.2, 0.25) is 0 Å². The van der Waals surface area contributed by atoms with E-state index in [1.807, 2.05) is 27.0 Å². The van der Waals surface area contributed by atoms with E-state index in [0.29, 0.717) is 0 Å². The summed E-state index contributed by atoms with van der Waals surface area (Å²) < 4.78 is 0. The summed E-state index contributed by atoms with van der Waals surface area (Å²) in [4.78, 5) is 13.6. The van der Waals surface area contributed by atoms with Crippen LogP contribution < -0.4 is 0 Å². The minimum Gasteiger partial charge on any atom is -0.378 e. The van der Waals surface area contributed by atoms with Crippen LogP contribution >= 0.6 is 0 Å². The van der Waals surface area contributed by atoms with Crippen molar-refractivity contribution in [3.05, 3.63) is 12.3 Å². The van der Waals surface area contributed by atoms with Gasteiger partial charge in [0.05, 0.1) is 0 Å². The molecule has 2 nitrogen and oxygen atoms in total. The fourth-order valence-electron chi connectivity index (χ4n) is 0.858. The predicted octanol–water partition coefficient (Wildman–Crippen LogP) is 2.46. The summed E-state index contributed by atoms with van der Waals surface area (Å²) in [6.07, 6.45) is 3.56. The second-order valence-electron chi connectivity index (χ2n) is 4.15. The summed E-state index contributed by atoms with van der Waals surface area (Å²) in [7, 11) is 0. The number of carbonyl (C=O) groups is 1. The molecular formula is C11H21NO. The molecule has 13 heavy (non-hydrogen) atoms. The van der Waals surface area contributed by atoms with Gasteiger partial charge in [-0.05, 0) is 19.9 Å². The molecule has 0 bridgehead atoms. The molecule has 0 spiro atoms. The molecule has 0 atom stereocenters. The largest absolute Gasteiger partial charge is 0.378 e. The summed E-state index contributed by atoms with van der Waals surface area (Å²) in [6.45, 7) is 11.9. The lowest BCUT2D eigenvalue weighted by molar-refractivity contribution is -0.121. The van der Waals surface area contributed by atoms with Crippen LogP contribution in [0.4, 0.5) is 0 Å². The van der Waals surface area contributed by atoms with E-state index in [0.717, 1.165) is 13.1 Å². The van der Waals surface area contributed by atoms with Gasteiger partial charge in [-0.2, -0.15) is 0 Å². The average molecular weight is 183 g/mol. The zero-order valence-electron chi connectivity index (χ0n) is 9.42. The summed E-state index contributed by atoms with van der Waals surface area (Å²) >= 11 is 0. The molecule has 0 aromatic rings. The van der Waals surface area contributed by atoms with E-state index in [-0.39, 0.29) is 11.2 Å². The van der Waals surface area contributed by atoms with Gasteiger partial charge in [0, 0.05) is 24.7 Å². The summed E-state index contributed by atoms with van der Waals surface area (Å²) in [5.74, 6) is 0.180. The van der Waals surface area contributed by atoms with Gasteiger partial charge in [-0.3, -0.25) is 4.79 Å². The number of carbonyl (C=O) groups excluding carboxylic acids is 1. The van der Waals surface area contributed by atoms with Gasteiger partial charge in [0.25, 0.3) is 0 Å². The lowest BCUT2D eigenvalue weighted by Gasteiger charge is -2.17. The highest BCUT2D eigenvalue weighted by molar-refractivity contribution is 5.93. The van der Waals surface area contributed by atoms with Crippen molar-refractivity contribution in [2.75, 3.05) is 13.1 Å². The molecule has 0 saturated heterocycles. The molecule has 0 aromatic carbocycles. The molecule has 0 saturated carbocycles. The first-order valence-electron chi connectivity index (χ1n) is 4.88. The van der Waals surface area contributed by atoms with Gasteiger partial charge in [0.15, 0.2) is 5.78 Å².